The number of nitrogens with zero attached hydrogens (tertiary/aromatic N) is 3. The zero-order valence-corrected chi connectivity index (χ0v) is 12.1. The summed E-state index contributed by atoms with van der Waals surface area (Å²) in [6.07, 6.45) is 1.75. The third-order valence-electron chi connectivity index (χ3n) is 3.28. The van der Waals surface area contributed by atoms with E-state index >= 15 is 0 Å². The van der Waals surface area contributed by atoms with Crippen molar-refractivity contribution in [3.63, 3.8) is 0 Å². The maximum absolute atomic E-state index is 5.43. The van der Waals surface area contributed by atoms with Gasteiger partial charge < -0.3 is 4.52 Å². The lowest BCUT2D eigenvalue weighted by molar-refractivity contribution is 0.432. The van der Waals surface area contributed by atoms with Gasteiger partial charge >= 0.3 is 0 Å². The van der Waals surface area contributed by atoms with Crippen LogP contribution in [0.25, 0.3) is 33.1 Å². The number of pyridine rings is 1. The lowest BCUT2D eigenvalue weighted by Crippen LogP contribution is -1.86. The Labute approximate surface area is 125 Å². The van der Waals surface area contributed by atoms with Crippen LogP contribution in [0.5, 0.6) is 0 Å². The third-order valence-corrected chi connectivity index (χ3v) is 4.24. The summed E-state index contributed by atoms with van der Waals surface area (Å²) in [4.78, 5) is 8.77. The Hall–Kier alpha value is -2.53. The topological polar surface area (TPSA) is 51.8 Å². The number of hydrogen-bond acceptors (Lipinski definition) is 5. The van der Waals surface area contributed by atoms with Crippen molar-refractivity contribution in [2.75, 3.05) is 0 Å². The predicted octanol–water partition coefficient (Wildman–Crippen LogP) is 4.32. The standard InChI is InChI=1S/C16H11N3OS/c1-10-5-7-17-13(9-10)15-18-16(20-19-15)12-4-2-3-11-6-8-21-14(11)12/h2-9H,1H3. The molecule has 4 aromatic rings. The summed E-state index contributed by atoms with van der Waals surface area (Å²) in [5.41, 5.74) is 2.81. The molecule has 3 heterocycles. The molecule has 0 aliphatic heterocycles. The van der Waals surface area contributed by atoms with Gasteiger partial charge in [-0.3, -0.25) is 4.98 Å². The van der Waals surface area contributed by atoms with Crippen molar-refractivity contribution < 1.29 is 4.52 Å². The van der Waals surface area contributed by atoms with Crippen molar-refractivity contribution in [3.05, 3.63) is 53.5 Å². The Morgan fingerprint density at radius 2 is 2.10 bits per heavy atom. The van der Waals surface area contributed by atoms with Crippen LogP contribution >= 0.6 is 11.3 Å². The van der Waals surface area contributed by atoms with Gasteiger partial charge in [0.05, 0.1) is 5.56 Å². The van der Waals surface area contributed by atoms with Crippen LogP contribution in [0, 0.1) is 6.92 Å². The Morgan fingerprint density at radius 3 is 3.00 bits per heavy atom. The van der Waals surface area contributed by atoms with Gasteiger partial charge in [-0.05, 0) is 47.5 Å². The molecule has 4 rings (SSSR count). The summed E-state index contributed by atoms with van der Waals surface area (Å²) >= 11 is 1.67. The third kappa shape index (κ3) is 2.11. The Bertz CT molecular complexity index is 926. The first-order valence-electron chi connectivity index (χ1n) is 6.54. The number of aromatic nitrogens is 3. The smallest absolute Gasteiger partial charge is 0.259 e. The van der Waals surface area contributed by atoms with Crippen molar-refractivity contribution in [3.8, 4) is 23.0 Å². The van der Waals surface area contributed by atoms with Crippen molar-refractivity contribution >= 4 is 21.4 Å². The maximum Gasteiger partial charge on any atom is 0.259 e. The zero-order valence-electron chi connectivity index (χ0n) is 11.3. The van der Waals surface area contributed by atoms with E-state index in [9.17, 15) is 0 Å². The minimum absolute atomic E-state index is 0.516. The van der Waals surface area contributed by atoms with Gasteiger partial charge in [-0.15, -0.1) is 11.3 Å². The van der Waals surface area contributed by atoms with Crippen molar-refractivity contribution in [2.24, 2.45) is 0 Å². The number of fused-ring (bicyclic) bond motifs is 1. The number of rotatable bonds is 2. The van der Waals surface area contributed by atoms with Crippen molar-refractivity contribution in [2.45, 2.75) is 6.92 Å². The Balaban J connectivity index is 1.83. The molecular weight excluding hydrogens is 282 g/mol. The van der Waals surface area contributed by atoms with Crippen molar-refractivity contribution in [1.82, 2.24) is 15.1 Å². The van der Waals surface area contributed by atoms with Gasteiger partial charge in [-0.1, -0.05) is 17.3 Å². The zero-order chi connectivity index (χ0) is 14.2. The first-order chi connectivity index (χ1) is 10.3. The molecule has 102 valence electrons. The van der Waals surface area contributed by atoms with E-state index in [4.69, 9.17) is 4.52 Å². The number of benzene rings is 1. The van der Waals surface area contributed by atoms with Crippen molar-refractivity contribution in [1.29, 1.82) is 0 Å². The molecule has 1 aromatic carbocycles. The van der Waals surface area contributed by atoms with E-state index in [1.165, 1.54) is 5.39 Å². The summed E-state index contributed by atoms with van der Waals surface area (Å²) in [6, 6.07) is 12.0. The number of aryl methyl sites for hydroxylation is 1. The average molecular weight is 293 g/mol. The van der Waals surface area contributed by atoms with E-state index in [1.807, 2.05) is 31.2 Å². The summed E-state index contributed by atoms with van der Waals surface area (Å²) in [6.45, 7) is 2.01. The highest BCUT2D eigenvalue weighted by atomic mass is 32.1. The average Bonchev–Trinajstić information content (AvgIpc) is 3.16. The van der Waals surface area contributed by atoms with Gasteiger partial charge in [0, 0.05) is 10.9 Å². The Kier molecular flexibility index (Phi) is 2.79. The van der Waals surface area contributed by atoms with E-state index in [-0.39, 0.29) is 0 Å². The fourth-order valence-corrected chi connectivity index (χ4v) is 3.16. The van der Waals surface area contributed by atoms with E-state index in [0.717, 1.165) is 21.5 Å². The molecule has 0 bridgehead atoms. The minimum atomic E-state index is 0.516. The molecular formula is C16H11N3OS. The van der Waals surface area contributed by atoms with E-state index in [2.05, 4.69) is 32.6 Å². The van der Waals surface area contributed by atoms with Gasteiger partial charge in [0.1, 0.15) is 5.69 Å². The fourth-order valence-electron chi connectivity index (χ4n) is 2.26. The van der Waals surface area contributed by atoms with Crippen LogP contribution in [0.1, 0.15) is 5.56 Å². The van der Waals surface area contributed by atoms with Crippen LogP contribution in [-0.4, -0.2) is 15.1 Å². The number of hydrogen-bond donors (Lipinski definition) is 0. The molecule has 21 heavy (non-hydrogen) atoms. The van der Waals surface area contributed by atoms with Crippen LogP contribution < -0.4 is 0 Å². The number of thiophene rings is 1. The van der Waals surface area contributed by atoms with Gasteiger partial charge in [0.15, 0.2) is 0 Å². The van der Waals surface area contributed by atoms with Crippen LogP contribution in [0.2, 0.25) is 0 Å². The molecule has 0 saturated heterocycles. The highest BCUT2D eigenvalue weighted by Gasteiger charge is 2.14. The largest absolute Gasteiger partial charge is 0.334 e. The van der Waals surface area contributed by atoms with E-state index in [0.29, 0.717) is 11.7 Å². The molecule has 0 radical (unpaired) electrons. The highest BCUT2D eigenvalue weighted by Crippen LogP contribution is 2.32. The van der Waals surface area contributed by atoms with Gasteiger partial charge in [0.25, 0.3) is 5.89 Å². The second-order valence-electron chi connectivity index (χ2n) is 4.79. The van der Waals surface area contributed by atoms with Crippen LogP contribution in [0.4, 0.5) is 0 Å². The first kappa shape index (κ1) is 12.2. The van der Waals surface area contributed by atoms with E-state index < -0.39 is 0 Å². The van der Waals surface area contributed by atoms with Gasteiger partial charge in [0.2, 0.25) is 5.82 Å². The highest BCUT2D eigenvalue weighted by molar-refractivity contribution is 7.17. The second kappa shape index (κ2) is 4.79. The monoisotopic (exact) mass is 293 g/mol. The van der Waals surface area contributed by atoms with Crippen LogP contribution in [-0.2, 0) is 0 Å². The molecule has 0 amide bonds. The SMILES string of the molecule is Cc1ccnc(-c2noc(-c3cccc4ccsc34)n2)c1. The molecule has 4 nitrogen and oxygen atoms in total. The molecule has 0 spiro atoms. The Morgan fingerprint density at radius 1 is 1.14 bits per heavy atom. The van der Waals surface area contributed by atoms with Crippen LogP contribution in [0.3, 0.4) is 0 Å². The lowest BCUT2D eigenvalue weighted by Gasteiger charge is -1.96. The maximum atomic E-state index is 5.43. The molecule has 0 N–H and O–H groups in total. The fraction of sp³-hybridized carbons (Fsp3) is 0.0625. The first-order valence-corrected chi connectivity index (χ1v) is 7.42. The molecule has 0 atom stereocenters. The second-order valence-corrected chi connectivity index (χ2v) is 5.70. The summed E-state index contributed by atoms with van der Waals surface area (Å²) < 4.78 is 6.59. The molecule has 0 fully saturated rings. The van der Waals surface area contributed by atoms with E-state index in [1.54, 1.807) is 17.5 Å². The summed E-state index contributed by atoms with van der Waals surface area (Å²) in [7, 11) is 0. The van der Waals surface area contributed by atoms with Gasteiger partial charge in [-0.2, -0.15) is 4.98 Å². The minimum Gasteiger partial charge on any atom is -0.334 e. The summed E-state index contributed by atoms with van der Waals surface area (Å²) in [5, 5.41) is 7.30. The quantitative estimate of drug-likeness (QED) is 0.552. The molecule has 0 unspecified atom stereocenters. The normalized spacial score (nSPS) is 11.1. The molecule has 0 saturated carbocycles. The molecule has 5 heteroatoms. The predicted molar refractivity (Wildman–Crippen MR) is 83.1 cm³/mol. The molecule has 0 aliphatic rings. The lowest BCUT2D eigenvalue weighted by atomic mass is 10.1. The molecule has 3 aromatic heterocycles. The van der Waals surface area contributed by atoms with Crippen LogP contribution in [0.15, 0.2) is 52.5 Å². The molecule has 0 aliphatic carbocycles. The van der Waals surface area contributed by atoms with Gasteiger partial charge in [-0.25, -0.2) is 0 Å². The summed E-state index contributed by atoms with van der Waals surface area (Å²) in [5.74, 6) is 1.05.